The molecule has 122 valence electrons. The van der Waals surface area contributed by atoms with Crippen molar-refractivity contribution in [3.63, 3.8) is 0 Å². The Labute approximate surface area is 149 Å². The Morgan fingerprint density at radius 2 is 2.19 bits per heavy atom. The quantitative estimate of drug-likeness (QED) is 0.382. The van der Waals surface area contributed by atoms with Crippen molar-refractivity contribution < 1.29 is 4.74 Å². The molecule has 0 spiro atoms. The molecule has 0 aliphatic rings. The highest BCUT2D eigenvalue weighted by Gasteiger charge is 2.07. The van der Waals surface area contributed by atoms with Gasteiger partial charge in [-0.15, -0.1) is 35.3 Å². The lowest BCUT2D eigenvalue weighted by Crippen LogP contribution is -2.44. The molecule has 0 aliphatic carbocycles. The van der Waals surface area contributed by atoms with Gasteiger partial charge in [0.2, 0.25) is 0 Å². The van der Waals surface area contributed by atoms with Crippen molar-refractivity contribution in [2.24, 2.45) is 10.9 Å². The van der Waals surface area contributed by atoms with Crippen LogP contribution in [-0.4, -0.2) is 38.8 Å². The molecule has 0 fully saturated rings. The summed E-state index contributed by atoms with van der Waals surface area (Å²) in [5.41, 5.74) is 0. The zero-order chi connectivity index (χ0) is 14.8. The van der Waals surface area contributed by atoms with Crippen molar-refractivity contribution in [2.45, 2.75) is 33.2 Å². The highest BCUT2D eigenvalue weighted by atomic mass is 127. The van der Waals surface area contributed by atoms with E-state index in [1.807, 2.05) is 11.3 Å². The number of guanidine groups is 1. The fourth-order valence-corrected chi connectivity index (χ4v) is 2.80. The number of rotatable bonds is 8. The van der Waals surface area contributed by atoms with Gasteiger partial charge in [-0.1, -0.05) is 13.0 Å². The van der Waals surface area contributed by atoms with Gasteiger partial charge in [0.05, 0.1) is 6.61 Å². The summed E-state index contributed by atoms with van der Waals surface area (Å²) in [5, 5.41) is 8.75. The Morgan fingerprint density at radius 1 is 1.43 bits per heavy atom. The number of methoxy groups -OCH3 is 1. The first-order valence-corrected chi connectivity index (χ1v) is 8.09. The molecule has 1 heterocycles. The van der Waals surface area contributed by atoms with Crippen LogP contribution in [-0.2, 0) is 11.2 Å². The summed E-state index contributed by atoms with van der Waals surface area (Å²) >= 11 is 1.82. The first kappa shape index (κ1) is 20.7. The third-order valence-electron chi connectivity index (χ3n) is 2.83. The third-order valence-corrected chi connectivity index (χ3v) is 3.73. The Balaban J connectivity index is 0.00000400. The lowest BCUT2D eigenvalue weighted by Gasteiger charge is -2.17. The van der Waals surface area contributed by atoms with E-state index < -0.39 is 0 Å². The maximum atomic E-state index is 5.13. The molecule has 1 aromatic rings. The monoisotopic (exact) mass is 425 g/mol. The topological polar surface area (TPSA) is 45.7 Å². The molecular weight excluding hydrogens is 397 g/mol. The largest absolute Gasteiger partial charge is 0.383 e. The number of aliphatic imine (C=N–C) groups is 1. The van der Waals surface area contributed by atoms with E-state index in [2.05, 4.69) is 53.9 Å². The van der Waals surface area contributed by atoms with Crippen LogP contribution in [0, 0.1) is 5.92 Å². The van der Waals surface area contributed by atoms with Crippen LogP contribution in [0.5, 0.6) is 0 Å². The fraction of sp³-hybridized carbons (Fsp3) is 0.667. The zero-order valence-corrected chi connectivity index (χ0v) is 16.5. The van der Waals surface area contributed by atoms with E-state index in [0.717, 1.165) is 25.5 Å². The van der Waals surface area contributed by atoms with Crippen LogP contribution in [0.3, 0.4) is 0 Å². The third kappa shape index (κ3) is 9.31. The van der Waals surface area contributed by atoms with Crippen molar-refractivity contribution in [3.05, 3.63) is 22.4 Å². The number of ether oxygens (including phenoxy) is 1. The van der Waals surface area contributed by atoms with Gasteiger partial charge in [-0.25, -0.2) is 0 Å². The van der Waals surface area contributed by atoms with Crippen molar-refractivity contribution >= 4 is 41.3 Å². The van der Waals surface area contributed by atoms with Gasteiger partial charge < -0.3 is 15.4 Å². The minimum atomic E-state index is 0. The summed E-state index contributed by atoms with van der Waals surface area (Å²) < 4.78 is 5.13. The predicted octanol–water partition coefficient (Wildman–Crippen LogP) is 3.13. The molecule has 2 N–H and O–H groups in total. The van der Waals surface area contributed by atoms with Gasteiger partial charge >= 0.3 is 0 Å². The molecule has 21 heavy (non-hydrogen) atoms. The molecule has 4 nitrogen and oxygen atoms in total. The van der Waals surface area contributed by atoms with Crippen LogP contribution in [0.25, 0.3) is 0 Å². The van der Waals surface area contributed by atoms with Crippen LogP contribution < -0.4 is 10.6 Å². The Kier molecular flexibility index (Phi) is 12.0. The normalized spacial score (nSPS) is 14.2. The molecule has 0 bridgehead atoms. The second-order valence-corrected chi connectivity index (χ2v) is 6.14. The molecule has 0 saturated heterocycles. The van der Waals surface area contributed by atoms with Crippen molar-refractivity contribution in [1.29, 1.82) is 0 Å². The molecular formula is C15H28IN3OS. The summed E-state index contributed by atoms with van der Waals surface area (Å²) in [6.45, 7) is 8.77. The predicted molar refractivity (Wildman–Crippen MR) is 103 cm³/mol. The lowest BCUT2D eigenvalue weighted by molar-refractivity contribution is 0.179. The zero-order valence-electron chi connectivity index (χ0n) is 13.4. The Bertz CT molecular complexity index is 384. The maximum Gasteiger partial charge on any atom is 0.191 e. The van der Waals surface area contributed by atoms with Crippen molar-refractivity contribution in [1.82, 2.24) is 10.6 Å². The van der Waals surface area contributed by atoms with Gasteiger partial charge in [0.25, 0.3) is 0 Å². The molecule has 0 amide bonds. The van der Waals surface area contributed by atoms with Gasteiger partial charge in [-0.05, 0) is 37.6 Å². The average molecular weight is 425 g/mol. The molecule has 2 unspecified atom stereocenters. The average Bonchev–Trinajstić information content (AvgIpc) is 2.89. The number of halogens is 1. The molecule has 0 radical (unpaired) electrons. The second-order valence-electron chi connectivity index (χ2n) is 5.11. The summed E-state index contributed by atoms with van der Waals surface area (Å²) in [7, 11) is 1.71. The van der Waals surface area contributed by atoms with Crippen LogP contribution >= 0.6 is 35.3 Å². The number of nitrogens with zero attached hydrogens (tertiary/aromatic N) is 1. The van der Waals surface area contributed by atoms with Crippen LogP contribution in [0.1, 0.15) is 25.6 Å². The van der Waals surface area contributed by atoms with Crippen LogP contribution in [0.15, 0.2) is 22.5 Å². The van der Waals surface area contributed by atoms with E-state index in [1.165, 1.54) is 4.88 Å². The number of nitrogens with one attached hydrogen (secondary N) is 2. The van der Waals surface area contributed by atoms with E-state index in [1.54, 1.807) is 7.11 Å². The SMILES string of the molecule is CCNC(=NCC(C)Cc1cccs1)NC(C)COC.I. The maximum absolute atomic E-state index is 5.13. The minimum Gasteiger partial charge on any atom is -0.383 e. The van der Waals surface area contributed by atoms with Crippen LogP contribution in [0.2, 0.25) is 0 Å². The summed E-state index contributed by atoms with van der Waals surface area (Å²) in [6, 6.07) is 4.55. The summed E-state index contributed by atoms with van der Waals surface area (Å²) in [5.74, 6) is 1.41. The smallest absolute Gasteiger partial charge is 0.191 e. The van der Waals surface area contributed by atoms with Gasteiger partial charge in [-0.2, -0.15) is 0 Å². The van der Waals surface area contributed by atoms with E-state index >= 15 is 0 Å². The van der Waals surface area contributed by atoms with Gasteiger partial charge in [0, 0.05) is 31.1 Å². The molecule has 0 saturated carbocycles. The van der Waals surface area contributed by atoms with E-state index in [4.69, 9.17) is 4.74 Å². The molecule has 2 atom stereocenters. The fourth-order valence-electron chi connectivity index (χ4n) is 1.93. The standard InChI is InChI=1S/C15H27N3OS.HI/c1-5-16-15(18-13(3)11-19-4)17-10-12(2)9-14-7-6-8-20-14;/h6-8,12-13H,5,9-11H2,1-4H3,(H2,16,17,18);1H. The summed E-state index contributed by atoms with van der Waals surface area (Å²) in [6.07, 6.45) is 1.09. The minimum absolute atomic E-state index is 0. The highest BCUT2D eigenvalue weighted by molar-refractivity contribution is 14.0. The van der Waals surface area contributed by atoms with Gasteiger partial charge in [0.15, 0.2) is 5.96 Å². The number of hydrogen-bond donors (Lipinski definition) is 2. The van der Waals surface area contributed by atoms with Crippen LogP contribution in [0.4, 0.5) is 0 Å². The van der Waals surface area contributed by atoms with Crippen molar-refractivity contribution in [2.75, 3.05) is 26.8 Å². The van der Waals surface area contributed by atoms with E-state index in [-0.39, 0.29) is 30.0 Å². The summed E-state index contributed by atoms with van der Waals surface area (Å²) in [4.78, 5) is 6.09. The van der Waals surface area contributed by atoms with Crippen molar-refractivity contribution in [3.8, 4) is 0 Å². The lowest BCUT2D eigenvalue weighted by atomic mass is 10.1. The van der Waals surface area contributed by atoms with Gasteiger partial charge in [-0.3, -0.25) is 4.99 Å². The molecule has 1 aromatic heterocycles. The highest BCUT2D eigenvalue weighted by Crippen LogP contribution is 2.14. The number of thiophene rings is 1. The number of hydrogen-bond acceptors (Lipinski definition) is 3. The first-order valence-electron chi connectivity index (χ1n) is 7.21. The second kappa shape index (κ2) is 12.2. The molecule has 0 aliphatic heterocycles. The van der Waals surface area contributed by atoms with E-state index in [0.29, 0.717) is 12.5 Å². The molecule has 0 aromatic carbocycles. The molecule has 1 rings (SSSR count). The van der Waals surface area contributed by atoms with E-state index in [9.17, 15) is 0 Å². The Morgan fingerprint density at radius 3 is 2.76 bits per heavy atom. The van der Waals surface area contributed by atoms with Gasteiger partial charge in [0.1, 0.15) is 0 Å². The first-order chi connectivity index (χ1) is 9.65. The Hall–Kier alpha value is -0.340. The molecule has 6 heteroatoms.